The Morgan fingerprint density at radius 2 is 2.30 bits per heavy atom. The highest BCUT2D eigenvalue weighted by atomic mass is 32.1. The van der Waals surface area contributed by atoms with E-state index in [2.05, 4.69) is 27.0 Å². The van der Waals surface area contributed by atoms with Crippen LogP contribution in [0.1, 0.15) is 32.2 Å². The molecule has 3 nitrogen and oxygen atoms in total. The van der Waals surface area contributed by atoms with Gasteiger partial charge in [0.25, 0.3) is 0 Å². The van der Waals surface area contributed by atoms with E-state index in [0.717, 1.165) is 45.0 Å². The van der Waals surface area contributed by atoms with E-state index in [1.165, 1.54) is 11.3 Å². The molecule has 0 amide bonds. The average molecular weight is 283 g/mol. The fourth-order valence-electron chi connectivity index (χ4n) is 1.86. The van der Waals surface area contributed by atoms with Crippen molar-refractivity contribution in [1.82, 2.24) is 4.98 Å². The summed E-state index contributed by atoms with van der Waals surface area (Å²) in [6.07, 6.45) is 12.6. The minimum absolute atomic E-state index is 0.729. The van der Waals surface area contributed by atoms with Crippen molar-refractivity contribution in [3.63, 3.8) is 0 Å². The van der Waals surface area contributed by atoms with Crippen molar-refractivity contribution in [1.29, 1.82) is 0 Å². The number of allylic oxidation sites excluding steroid dienone is 3. The summed E-state index contributed by atoms with van der Waals surface area (Å²) in [5.74, 6) is 2.73. The number of thiazole rings is 1. The molecule has 0 radical (unpaired) electrons. The van der Waals surface area contributed by atoms with Crippen molar-refractivity contribution in [2.75, 3.05) is 6.54 Å². The second-order valence-corrected chi connectivity index (χ2v) is 5.53. The SMILES string of the molecule is C#C/C(=C(/C=C\C)N=C(C)C)c1nc2c(s1)=NCCC=2. The standard InChI is InChI=1S/C16H17N3S/c1-5-8-13(18-11(3)4)12(6-2)15-19-14-9-7-10-17-16(14)20-15/h2,5,8-9H,7,10H2,1,3-4H3/b8-5-,13-12+. The van der Waals surface area contributed by atoms with Crippen molar-refractivity contribution < 1.29 is 0 Å². The number of aromatic nitrogens is 1. The van der Waals surface area contributed by atoms with E-state index in [1.807, 2.05) is 32.9 Å². The molecule has 1 aromatic heterocycles. The smallest absolute Gasteiger partial charge is 0.138 e. The first-order valence-corrected chi connectivity index (χ1v) is 7.34. The zero-order valence-corrected chi connectivity index (χ0v) is 12.8. The Labute approximate surface area is 123 Å². The van der Waals surface area contributed by atoms with Crippen molar-refractivity contribution >= 4 is 28.7 Å². The molecular formula is C16H17N3S. The minimum Gasteiger partial charge on any atom is -0.272 e. The van der Waals surface area contributed by atoms with E-state index < -0.39 is 0 Å². The minimum atomic E-state index is 0.729. The maximum absolute atomic E-state index is 5.68. The summed E-state index contributed by atoms with van der Waals surface area (Å²) in [7, 11) is 0. The first-order valence-electron chi connectivity index (χ1n) is 6.53. The third kappa shape index (κ3) is 3.12. The number of terminal acetylenes is 1. The number of hydrogen-bond donors (Lipinski definition) is 0. The van der Waals surface area contributed by atoms with Crippen LogP contribution in [0.25, 0.3) is 11.6 Å². The highest BCUT2D eigenvalue weighted by Crippen LogP contribution is 2.20. The Morgan fingerprint density at radius 1 is 1.50 bits per heavy atom. The fraction of sp³-hybridized carbons (Fsp3) is 0.312. The van der Waals surface area contributed by atoms with Gasteiger partial charge in [0, 0.05) is 12.3 Å². The summed E-state index contributed by atoms with van der Waals surface area (Å²) < 4.78 is 0.969. The molecule has 0 spiro atoms. The first kappa shape index (κ1) is 14.4. The molecule has 102 valence electrons. The Kier molecular flexibility index (Phi) is 4.65. The van der Waals surface area contributed by atoms with Gasteiger partial charge in [-0.3, -0.25) is 9.98 Å². The molecule has 1 aromatic rings. The number of rotatable bonds is 3. The predicted octanol–water partition coefficient (Wildman–Crippen LogP) is 2.35. The monoisotopic (exact) mass is 283 g/mol. The molecule has 1 aliphatic heterocycles. The van der Waals surface area contributed by atoms with Gasteiger partial charge < -0.3 is 0 Å². The van der Waals surface area contributed by atoms with Crippen LogP contribution in [0.2, 0.25) is 0 Å². The van der Waals surface area contributed by atoms with E-state index in [4.69, 9.17) is 6.42 Å². The topological polar surface area (TPSA) is 37.6 Å². The molecule has 0 fully saturated rings. The predicted molar refractivity (Wildman–Crippen MR) is 86.2 cm³/mol. The second kappa shape index (κ2) is 6.44. The lowest BCUT2D eigenvalue weighted by Gasteiger charge is -2.00. The van der Waals surface area contributed by atoms with Gasteiger partial charge in [-0.15, -0.1) is 6.42 Å². The summed E-state index contributed by atoms with van der Waals surface area (Å²) in [5.41, 5.74) is 2.47. The summed E-state index contributed by atoms with van der Waals surface area (Å²) >= 11 is 1.54. The van der Waals surface area contributed by atoms with Crippen LogP contribution >= 0.6 is 11.3 Å². The van der Waals surface area contributed by atoms with Gasteiger partial charge in [0.2, 0.25) is 0 Å². The van der Waals surface area contributed by atoms with Crippen LogP contribution in [0.4, 0.5) is 0 Å². The second-order valence-electron chi connectivity index (χ2n) is 4.55. The van der Waals surface area contributed by atoms with Gasteiger partial charge in [-0.2, -0.15) is 0 Å². The van der Waals surface area contributed by atoms with Gasteiger partial charge in [0.15, 0.2) is 0 Å². The summed E-state index contributed by atoms with van der Waals surface area (Å²) in [6.45, 7) is 6.68. The molecule has 0 N–H and O–H groups in total. The lowest BCUT2D eigenvalue weighted by atomic mass is 10.2. The molecule has 1 aliphatic rings. The highest BCUT2D eigenvalue weighted by molar-refractivity contribution is 7.10. The summed E-state index contributed by atoms with van der Waals surface area (Å²) in [6, 6.07) is 0. The van der Waals surface area contributed by atoms with Gasteiger partial charge in [0.1, 0.15) is 9.68 Å². The Balaban J connectivity index is 2.65. The zero-order valence-electron chi connectivity index (χ0n) is 12.0. The lowest BCUT2D eigenvalue weighted by Crippen LogP contribution is -2.24. The lowest BCUT2D eigenvalue weighted by molar-refractivity contribution is 0.963. The van der Waals surface area contributed by atoms with Crippen molar-refractivity contribution in [3.8, 4) is 12.3 Å². The van der Waals surface area contributed by atoms with Gasteiger partial charge in [-0.1, -0.05) is 29.4 Å². The number of nitrogens with zero attached hydrogens (tertiary/aromatic N) is 3. The molecule has 0 aliphatic carbocycles. The van der Waals surface area contributed by atoms with E-state index >= 15 is 0 Å². The van der Waals surface area contributed by atoms with E-state index in [9.17, 15) is 0 Å². The van der Waals surface area contributed by atoms with Crippen LogP contribution in [0.3, 0.4) is 0 Å². The molecular weight excluding hydrogens is 266 g/mol. The van der Waals surface area contributed by atoms with Gasteiger partial charge >= 0.3 is 0 Å². The molecule has 2 rings (SSSR count). The van der Waals surface area contributed by atoms with Crippen LogP contribution in [0, 0.1) is 12.3 Å². The molecule has 0 aromatic carbocycles. The van der Waals surface area contributed by atoms with Crippen molar-refractivity contribution in [3.05, 3.63) is 32.9 Å². The third-order valence-electron chi connectivity index (χ3n) is 2.64. The van der Waals surface area contributed by atoms with E-state index in [1.54, 1.807) is 0 Å². The van der Waals surface area contributed by atoms with E-state index in [-0.39, 0.29) is 0 Å². The van der Waals surface area contributed by atoms with Gasteiger partial charge in [-0.25, -0.2) is 4.98 Å². The van der Waals surface area contributed by atoms with E-state index in [0.29, 0.717) is 0 Å². The fourth-order valence-corrected chi connectivity index (χ4v) is 2.85. The maximum atomic E-state index is 5.68. The third-order valence-corrected chi connectivity index (χ3v) is 3.66. The molecule has 0 atom stereocenters. The van der Waals surface area contributed by atoms with Crippen LogP contribution < -0.4 is 10.0 Å². The maximum Gasteiger partial charge on any atom is 0.138 e. The van der Waals surface area contributed by atoms with Crippen molar-refractivity contribution in [2.24, 2.45) is 9.98 Å². The molecule has 20 heavy (non-hydrogen) atoms. The number of fused-ring (bicyclic) bond motifs is 1. The summed E-state index contributed by atoms with van der Waals surface area (Å²) in [4.78, 5) is 13.6. The molecule has 0 unspecified atom stereocenters. The highest BCUT2D eigenvalue weighted by Gasteiger charge is 2.11. The van der Waals surface area contributed by atoms with Crippen LogP contribution in [-0.4, -0.2) is 17.2 Å². The van der Waals surface area contributed by atoms with Gasteiger partial charge in [0.05, 0.1) is 16.6 Å². The van der Waals surface area contributed by atoms with Crippen molar-refractivity contribution in [2.45, 2.75) is 27.2 Å². The molecule has 4 heteroatoms. The first-order chi connectivity index (χ1) is 9.65. The molecule has 2 heterocycles. The van der Waals surface area contributed by atoms with Gasteiger partial charge in [-0.05, 0) is 33.3 Å². The Morgan fingerprint density at radius 3 is 2.90 bits per heavy atom. The Hall–Kier alpha value is -1.99. The average Bonchev–Trinajstić information content (AvgIpc) is 2.82. The quantitative estimate of drug-likeness (QED) is 0.476. The van der Waals surface area contributed by atoms with Crippen LogP contribution in [0.15, 0.2) is 27.8 Å². The molecule has 0 bridgehead atoms. The number of hydrogen-bond acceptors (Lipinski definition) is 4. The van der Waals surface area contributed by atoms with Crippen LogP contribution in [-0.2, 0) is 0 Å². The zero-order chi connectivity index (χ0) is 14.5. The summed E-state index contributed by atoms with van der Waals surface area (Å²) in [5, 5.41) is 1.76. The normalized spacial score (nSPS) is 14.7. The Bertz CT molecular complexity index is 717. The number of aliphatic imine (C=N–C) groups is 1. The largest absolute Gasteiger partial charge is 0.272 e. The molecule has 0 saturated carbocycles. The van der Waals surface area contributed by atoms with Crippen LogP contribution in [0.5, 0.6) is 0 Å². The molecule has 0 saturated heterocycles.